The first-order valence-electron chi connectivity index (χ1n) is 8.68. The average Bonchev–Trinajstić information content (AvgIpc) is 2.69. The standard InChI is InChI=1S/C17H12F8N2O6/c18-11-3-9(1-2-12(11)33-17(23,24)25)31-15(19,20)13-26-4-10(5-27-13)32-16(21,22)14-29-6-8(28)7-30-14/h1-5,8,14,28H,6-7H2. The normalized spacial score (nSPS) is 19.8. The van der Waals surface area contributed by atoms with Crippen LogP contribution in [0.1, 0.15) is 5.82 Å². The van der Waals surface area contributed by atoms with Crippen molar-refractivity contribution in [1.82, 2.24) is 9.97 Å². The molecule has 3 rings (SSSR count). The van der Waals surface area contributed by atoms with Crippen LogP contribution in [0, 0.1) is 5.82 Å². The van der Waals surface area contributed by atoms with Gasteiger partial charge >= 0.3 is 18.6 Å². The van der Waals surface area contributed by atoms with E-state index in [1.165, 1.54) is 0 Å². The van der Waals surface area contributed by atoms with Gasteiger partial charge in [-0.2, -0.15) is 17.6 Å². The van der Waals surface area contributed by atoms with E-state index >= 15 is 0 Å². The number of aliphatic hydroxyl groups excluding tert-OH is 1. The molecule has 33 heavy (non-hydrogen) atoms. The van der Waals surface area contributed by atoms with Crippen LogP contribution in [-0.4, -0.2) is 53.2 Å². The SMILES string of the molecule is OC1COC(C(F)(F)Oc2cnc(C(F)(F)Oc3ccc(OC(F)(F)F)c(F)c3)nc2)OC1. The number of ether oxygens (including phenoxy) is 5. The molecule has 182 valence electrons. The molecule has 8 nitrogen and oxygen atoms in total. The van der Waals surface area contributed by atoms with Gasteiger partial charge in [0.2, 0.25) is 5.82 Å². The molecule has 0 spiro atoms. The van der Waals surface area contributed by atoms with Gasteiger partial charge < -0.3 is 28.8 Å². The fourth-order valence-electron chi connectivity index (χ4n) is 2.36. The lowest BCUT2D eigenvalue weighted by Crippen LogP contribution is -2.48. The summed E-state index contributed by atoms with van der Waals surface area (Å²) in [6.07, 6.45) is -16.0. The van der Waals surface area contributed by atoms with Crippen molar-refractivity contribution in [3.8, 4) is 17.2 Å². The van der Waals surface area contributed by atoms with E-state index in [1.54, 1.807) is 0 Å². The first kappa shape index (κ1) is 24.7. The van der Waals surface area contributed by atoms with Crippen LogP contribution in [-0.2, 0) is 15.6 Å². The fraction of sp³-hybridized carbons (Fsp3) is 0.412. The summed E-state index contributed by atoms with van der Waals surface area (Å²) in [6, 6.07) is 1.17. The van der Waals surface area contributed by atoms with Gasteiger partial charge in [-0.1, -0.05) is 0 Å². The lowest BCUT2D eigenvalue weighted by atomic mass is 10.3. The van der Waals surface area contributed by atoms with Crippen LogP contribution in [0.2, 0.25) is 0 Å². The van der Waals surface area contributed by atoms with Gasteiger partial charge in [-0.3, -0.25) is 0 Å². The molecule has 2 heterocycles. The summed E-state index contributed by atoms with van der Waals surface area (Å²) in [6.45, 7) is -0.904. The van der Waals surface area contributed by atoms with Crippen LogP contribution in [0.3, 0.4) is 0 Å². The largest absolute Gasteiger partial charge is 0.573 e. The second-order valence-electron chi connectivity index (χ2n) is 6.32. The van der Waals surface area contributed by atoms with Gasteiger partial charge in [-0.15, -0.1) is 13.2 Å². The second-order valence-corrected chi connectivity index (χ2v) is 6.32. The Morgan fingerprint density at radius 1 is 0.879 bits per heavy atom. The molecule has 0 atom stereocenters. The number of aromatic nitrogens is 2. The van der Waals surface area contributed by atoms with Gasteiger partial charge in [-0.25, -0.2) is 14.4 Å². The predicted octanol–water partition coefficient (Wildman–Crippen LogP) is 3.35. The van der Waals surface area contributed by atoms with E-state index in [0.717, 1.165) is 0 Å². The Balaban J connectivity index is 1.66. The first-order chi connectivity index (χ1) is 15.2. The molecule has 0 saturated carbocycles. The molecule has 1 aromatic carbocycles. The zero-order chi connectivity index (χ0) is 24.4. The molecule has 0 aliphatic carbocycles. The molecule has 1 aromatic heterocycles. The van der Waals surface area contributed by atoms with E-state index < -0.39 is 73.1 Å². The topological polar surface area (TPSA) is 92.2 Å². The maximum atomic E-state index is 14.2. The minimum absolute atomic E-state index is 0.203. The quantitative estimate of drug-likeness (QED) is 0.589. The van der Waals surface area contributed by atoms with Crippen molar-refractivity contribution < 1.29 is 63.9 Å². The van der Waals surface area contributed by atoms with Crippen molar-refractivity contribution in [2.24, 2.45) is 0 Å². The van der Waals surface area contributed by atoms with Gasteiger partial charge in [0.25, 0.3) is 6.29 Å². The number of alkyl halides is 7. The predicted molar refractivity (Wildman–Crippen MR) is 86.9 cm³/mol. The molecular weight excluding hydrogens is 480 g/mol. The number of hydrogen-bond donors (Lipinski definition) is 1. The monoisotopic (exact) mass is 492 g/mol. The fourth-order valence-corrected chi connectivity index (χ4v) is 2.36. The van der Waals surface area contributed by atoms with E-state index in [9.17, 15) is 35.1 Å². The molecule has 1 aliphatic rings. The molecule has 1 fully saturated rings. The smallest absolute Gasteiger partial charge is 0.426 e. The summed E-state index contributed by atoms with van der Waals surface area (Å²) < 4.78 is 128. The maximum Gasteiger partial charge on any atom is 0.573 e. The van der Waals surface area contributed by atoms with Crippen molar-refractivity contribution in [2.45, 2.75) is 31.0 Å². The molecule has 1 N–H and O–H groups in total. The number of nitrogens with zero attached hydrogens (tertiary/aromatic N) is 2. The Kier molecular flexibility index (Phi) is 6.80. The third-order valence-corrected chi connectivity index (χ3v) is 3.67. The van der Waals surface area contributed by atoms with E-state index in [-0.39, 0.29) is 6.07 Å². The van der Waals surface area contributed by atoms with Crippen molar-refractivity contribution in [2.75, 3.05) is 13.2 Å². The van der Waals surface area contributed by atoms with Gasteiger partial charge in [0.1, 0.15) is 11.9 Å². The van der Waals surface area contributed by atoms with E-state index in [1.807, 2.05) is 0 Å². The minimum atomic E-state index is -5.21. The van der Waals surface area contributed by atoms with Gasteiger partial charge in [0, 0.05) is 6.07 Å². The summed E-state index contributed by atoms with van der Waals surface area (Å²) in [5.41, 5.74) is 0. The number of hydrogen-bond acceptors (Lipinski definition) is 8. The van der Waals surface area contributed by atoms with E-state index in [2.05, 4.69) is 33.7 Å². The molecular formula is C17H12F8N2O6. The molecule has 0 unspecified atom stereocenters. The lowest BCUT2D eigenvalue weighted by molar-refractivity contribution is -0.355. The Morgan fingerprint density at radius 3 is 2.03 bits per heavy atom. The number of rotatable bonds is 7. The van der Waals surface area contributed by atoms with E-state index in [0.29, 0.717) is 24.5 Å². The summed E-state index contributed by atoms with van der Waals surface area (Å²) >= 11 is 0. The van der Waals surface area contributed by atoms with Crippen LogP contribution in [0.15, 0.2) is 30.6 Å². The summed E-state index contributed by atoms with van der Waals surface area (Å²) in [5.74, 6) is -5.96. The van der Waals surface area contributed by atoms with Crippen LogP contribution >= 0.6 is 0 Å². The Labute approximate surface area is 178 Å². The van der Waals surface area contributed by atoms with Crippen molar-refractivity contribution in [3.63, 3.8) is 0 Å². The molecule has 0 amide bonds. The second kappa shape index (κ2) is 9.11. The van der Waals surface area contributed by atoms with Crippen LogP contribution in [0.4, 0.5) is 35.1 Å². The maximum absolute atomic E-state index is 14.2. The van der Waals surface area contributed by atoms with Crippen molar-refractivity contribution >= 4 is 0 Å². The third-order valence-electron chi connectivity index (χ3n) is 3.67. The molecule has 2 aromatic rings. The number of benzene rings is 1. The highest BCUT2D eigenvalue weighted by molar-refractivity contribution is 5.33. The highest BCUT2D eigenvalue weighted by atomic mass is 19.4. The third kappa shape index (κ3) is 6.52. The van der Waals surface area contributed by atoms with E-state index in [4.69, 9.17) is 5.11 Å². The summed E-state index contributed by atoms with van der Waals surface area (Å²) in [7, 11) is 0. The first-order valence-corrected chi connectivity index (χ1v) is 8.68. The van der Waals surface area contributed by atoms with Crippen LogP contribution in [0.25, 0.3) is 0 Å². The Hall–Kier alpha value is -2.98. The highest BCUT2D eigenvalue weighted by Crippen LogP contribution is 2.34. The van der Waals surface area contributed by atoms with Crippen molar-refractivity contribution in [3.05, 3.63) is 42.2 Å². The minimum Gasteiger partial charge on any atom is -0.426 e. The molecule has 0 radical (unpaired) electrons. The number of halogens is 8. The zero-order valence-electron chi connectivity index (χ0n) is 15.9. The lowest BCUT2D eigenvalue weighted by Gasteiger charge is -2.31. The van der Waals surface area contributed by atoms with Gasteiger partial charge in [0.15, 0.2) is 17.3 Å². The molecule has 16 heteroatoms. The van der Waals surface area contributed by atoms with Crippen LogP contribution < -0.4 is 14.2 Å². The van der Waals surface area contributed by atoms with Gasteiger partial charge in [-0.05, 0) is 12.1 Å². The zero-order valence-corrected chi connectivity index (χ0v) is 15.9. The van der Waals surface area contributed by atoms with Gasteiger partial charge in [0.05, 0.1) is 25.6 Å². The molecule has 0 bridgehead atoms. The highest BCUT2D eigenvalue weighted by Gasteiger charge is 2.47. The summed E-state index contributed by atoms with van der Waals surface area (Å²) in [4.78, 5) is 6.29. The Bertz CT molecular complexity index is 952. The molecule has 1 saturated heterocycles. The Morgan fingerprint density at radius 2 is 1.48 bits per heavy atom. The van der Waals surface area contributed by atoms with Crippen molar-refractivity contribution in [1.29, 1.82) is 0 Å². The molecule has 1 aliphatic heterocycles. The summed E-state index contributed by atoms with van der Waals surface area (Å²) in [5, 5.41) is 9.16. The average molecular weight is 492 g/mol. The number of aliphatic hydroxyl groups is 1. The van der Waals surface area contributed by atoms with Crippen LogP contribution in [0.5, 0.6) is 17.2 Å².